The zero-order valence-corrected chi connectivity index (χ0v) is 16.3. The number of hydrogen-bond donors (Lipinski definition) is 0. The highest BCUT2D eigenvalue weighted by molar-refractivity contribution is 7.95. The van der Waals surface area contributed by atoms with Crippen LogP contribution in [0.25, 0.3) is 0 Å². The van der Waals surface area contributed by atoms with Crippen LogP contribution in [-0.4, -0.2) is 4.98 Å². The molecular weight excluding hydrogens is 394 g/mol. The minimum atomic E-state index is -4.59. The Hall–Kier alpha value is -2.91. The maximum Gasteiger partial charge on any atom is 0.451 e. The lowest BCUT2D eigenvalue weighted by atomic mass is 10.3. The van der Waals surface area contributed by atoms with Crippen molar-refractivity contribution in [3.8, 4) is 0 Å². The molecule has 4 rings (SSSR count). The van der Waals surface area contributed by atoms with Crippen LogP contribution in [0.15, 0.2) is 102 Å². The van der Waals surface area contributed by atoms with Gasteiger partial charge in [0.15, 0.2) is 6.39 Å². The van der Waals surface area contributed by atoms with Crippen molar-refractivity contribution < 1.29 is 17.6 Å². The summed E-state index contributed by atoms with van der Waals surface area (Å²) in [6.07, 6.45) is -3.59. The van der Waals surface area contributed by atoms with Crippen molar-refractivity contribution in [2.75, 3.05) is 0 Å². The molecule has 0 saturated carbocycles. The monoisotopic (exact) mass is 412 g/mol. The van der Waals surface area contributed by atoms with Gasteiger partial charge in [-0.15, -0.1) is 0 Å². The molecule has 0 radical (unpaired) electrons. The number of hydrogen-bond acceptors (Lipinski definition) is 2. The molecule has 4 aromatic rings. The highest BCUT2D eigenvalue weighted by Gasteiger charge is 2.49. The van der Waals surface area contributed by atoms with E-state index in [1.165, 1.54) is 0 Å². The number of benzene rings is 3. The van der Waals surface area contributed by atoms with Crippen molar-refractivity contribution in [2.45, 2.75) is 12.3 Å². The molecule has 0 aliphatic heterocycles. The molecule has 0 unspecified atom stereocenters. The van der Waals surface area contributed by atoms with Crippen LogP contribution in [0.2, 0.25) is 0 Å². The smallest absolute Gasteiger partial charge is 0.438 e. The summed E-state index contributed by atoms with van der Waals surface area (Å²) >= 11 is 0. The van der Waals surface area contributed by atoms with Gasteiger partial charge < -0.3 is 4.42 Å². The number of rotatable bonds is 5. The van der Waals surface area contributed by atoms with Crippen LogP contribution >= 0.6 is 7.26 Å². The second-order valence-electron chi connectivity index (χ2n) is 6.60. The van der Waals surface area contributed by atoms with E-state index in [0.29, 0.717) is 0 Å². The Balaban J connectivity index is 2.00. The summed E-state index contributed by atoms with van der Waals surface area (Å²) in [6, 6.07) is 29.2. The molecule has 0 N–H and O–H groups in total. The molecule has 6 heteroatoms. The highest BCUT2D eigenvalue weighted by atomic mass is 31.2. The van der Waals surface area contributed by atoms with Crippen molar-refractivity contribution in [2.24, 2.45) is 0 Å². The molecule has 1 aromatic heterocycles. The van der Waals surface area contributed by atoms with Crippen molar-refractivity contribution in [3.05, 3.63) is 109 Å². The summed E-state index contributed by atoms with van der Waals surface area (Å²) < 4.78 is 45.4. The highest BCUT2D eigenvalue weighted by Crippen LogP contribution is 2.58. The maximum atomic E-state index is 13.5. The Labute approximate surface area is 167 Å². The quantitative estimate of drug-likeness (QED) is 0.422. The van der Waals surface area contributed by atoms with Crippen LogP contribution in [0.4, 0.5) is 13.2 Å². The summed E-state index contributed by atoms with van der Waals surface area (Å²) in [4.78, 5) is 3.99. The third-order valence-corrected chi connectivity index (χ3v) is 9.19. The van der Waals surface area contributed by atoms with Gasteiger partial charge in [-0.2, -0.15) is 13.2 Å². The van der Waals surface area contributed by atoms with E-state index < -0.39 is 19.2 Å². The predicted octanol–water partition coefficient (Wildman–Crippen LogP) is 5.19. The Bertz CT molecular complexity index is 967. The first kappa shape index (κ1) is 19.4. The van der Waals surface area contributed by atoms with Crippen molar-refractivity contribution in [3.63, 3.8) is 0 Å². The first-order chi connectivity index (χ1) is 14.0. The molecule has 2 nitrogen and oxygen atoms in total. The second-order valence-corrected chi connectivity index (χ2v) is 10.1. The lowest BCUT2D eigenvalue weighted by Crippen LogP contribution is -2.33. The summed E-state index contributed by atoms with van der Waals surface area (Å²) in [5.74, 6) is -1.02. The number of alkyl halides is 3. The van der Waals surface area contributed by atoms with Gasteiger partial charge in [0, 0.05) is 0 Å². The van der Waals surface area contributed by atoms with Gasteiger partial charge in [-0.1, -0.05) is 54.6 Å². The molecule has 0 aliphatic rings. The van der Waals surface area contributed by atoms with Gasteiger partial charge in [0.25, 0.3) is 0 Å². The van der Waals surface area contributed by atoms with Gasteiger partial charge in [-0.05, 0) is 36.4 Å². The zero-order chi connectivity index (χ0) is 20.3. The van der Waals surface area contributed by atoms with E-state index in [2.05, 4.69) is 4.98 Å². The molecule has 1 heterocycles. The first-order valence-corrected chi connectivity index (χ1v) is 11.0. The van der Waals surface area contributed by atoms with Gasteiger partial charge in [-0.25, -0.2) is 4.98 Å². The second kappa shape index (κ2) is 7.84. The topological polar surface area (TPSA) is 26.0 Å². The summed E-state index contributed by atoms with van der Waals surface area (Å²) in [6.45, 7) is 0. The molecule has 0 spiro atoms. The van der Waals surface area contributed by atoms with E-state index in [4.69, 9.17) is 4.42 Å². The minimum absolute atomic E-state index is 0.0672. The molecule has 0 amide bonds. The van der Waals surface area contributed by atoms with Gasteiger partial charge in [0.05, 0.1) is 0 Å². The fraction of sp³-hybridized carbons (Fsp3) is 0.0870. The lowest BCUT2D eigenvalue weighted by molar-refractivity contribution is -0.153. The Morgan fingerprint density at radius 2 is 1.10 bits per heavy atom. The Kier molecular flexibility index (Phi) is 5.25. The van der Waals surface area contributed by atoms with E-state index in [9.17, 15) is 13.2 Å². The summed E-state index contributed by atoms with van der Waals surface area (Å²) in [5.41, 5.74) is -0.0672. The molecule has 3 aromatic carbocycles. The van der Waals surface area contributed by atoms with Crippen molar-refractivity contribution in [1.29, 1.82) is 0 Å². The average Bonchev–Trinajstić information content (AvgIpc) is 3.23. The number of oxazole rings is 1. The number of aromatic nitrogens is 1. The van der Waals surface area contributed by atoms with E-state index in [-0.39, 0.29) is 11.9 Å². The molecule has 0 fully saturated rings. The molecule has 146 valence electrons. The van der Waals surface area contributed by atoms with Crippen LogP contribution < -0.4 is 15.9 Å². The molecule has 0 bridgehead atoms. The molecule has 0 aliphatic carbocycles. The number of halogens is 3. The Morgan fingerprint density at radius 1 is 0.690 bits per heavy atom. The SMILES string of the molecule is FC(F)(F)c1ocnc1C[P+](c1ccccc1)(c1ccccc1)c1ccccc1. The van der Waals surface area contributed by atoms with Gasteiger partial charge in [0.2, 0.25) is 5.76 Å². The lowest BCUT2D eigenvalue weighted by Gasteiger charge is -2.27. The predicted molar refractivity (Wildman–Crippen MR) is 110 cm³/mol. The third kappa shape index (κ3) is 3.70. The largest absolute Gasteiger partial charge is 0.451 e. The van der Waals surface area contributed by atoms with Crippen molar-refractivity contribution >= 4 is 23.2 Å². The van der Waals surface area contributed by atoms with E-state index in [0.717, 1.165) is 22.3 Å². The fourth-order valence-electron chi connectivity index (χ4n) is 3.61. The van der Waals surface area contributed by atoms with E-state index in [1.807, 2.05) is 91.0 Å². The van der Waals surface area contributed by atoms with Gasteiger partial charge >= 0.3 is 6.18 Å². The number of nitrogens with zero attached hydrogens (tertiary/aromatic N) is 1. The van der Waals surface area contributed by atoms with Crippen LogP contribution in [0, 0.1) is 0 Å². The molecule has 0 saturated heterocycles. The van der Waals surface area contributed by atoms with Gasteiger partial charge in [-0.3, -0.25) is 0 Å². The molecule has 29 heavy (non-hydrogen) atoms. The first-order valence-electron chi connectivity index (χ1n) is 9.06. The molecular formula is C23H18F3NOP+. The van der Waals surface area contributed by atoms with Crippen LogP contribution in [0.3, 0.4) is 0 Å². The summed E-state index contributed by atoms with van der Waals surface area (Å²) in [5, 5.41) is 2.98. The third-order valence-electron chi connectivity index (χ3n) is 4.88. The summed E-state index contributed by atoms with van der Waals surface area (Å²) in [7, 11) is -2.46. The maximum absolute atomic E-state index is 13.5. The normalized spacial score (nSPS) is 12.1. The average molecular weight is 412 g/mol. The fourth-order valence-corrected chi connectivity index (χ4v) is 7.77. The van der Waals surface area contributed by atoms with E-state index >= 15 is 0 Å². The van der Waals surface area contributed by atoms with Gasteiger partial charge in [0.1, 0.15) is 35.0 Å². The zero-order valence-electron chi connectivity index (χ0n) is 15.4. The van der Waals surface area contributed by atoms with Crippen LogP contribution in [0.5, 0.6) is 0 Å². The van der Waals surface area contributed by atoms with Crippen molar-refractivity contribution in [1.82, 2.24) is 4.98 Å². The Morgan fingerprint density at radius 3 is 1.48 bits per heavy atom. The van der Waals surface area contributed by atoms with Crippen LogP contribution in [-0.2, 0) is 12.3 Å². The molecule has 0 atom stereocenters. The van der Waals surface area contributed by atoms with Crippen LogP contribution in [0.1, 0.15) is 11.5 Å². The standard InChI is InChI=1S/C23H18F3NOP/c24-23(25,26)22-21(27-17-28-22)16-29(18-10-4-1-5-11-18,19-12-6-2-7-13-19)20-14-8-3-9-15-20/h1-15,17H,16H2/q+1. The van der Waals surface area contributed by atoms with E-state index in [1.54, 1.807) is 0 Å². The minimum Gasteiger partial charge on any atom is -0.438 e.